The minimum Gasteiger partial charge on any atom is -0.370 e. The highest BCUT2D eigenvalue weighted by molar-refractivity contribution is 5.78. The van der Waals surface area contributed by atoms with Crippen LogP contribution in [0.3, 0.4) is 0 Å². The van der Waals surface area contributed by atoms with Crippen LogP contribution in [0.4, 0.5) is 0 Å². The molecule has 2 N–H and O–H groups in total. The van der Waals surface area contributed by atoms with Gasteiger partial charge >= 0.3 is 0 Å². The average molecular weight is 196 g/mol. The van der Waals surface area contributed by atoms with Crippen molar-refractivity contribution in [1.82, 2.24) is 4.90 Å². The SMILES string of the molecule is CCCN=C(N)N(CC)CC(C)C#N. The molecule has 4 heteroatoms. The van der Waals surface area contributed by atoms with E-state index in [9.17, 15) is 0 Å². The van der Waals surface area contributed by atoms with E-state index in [1.54, 1.807) is 0 Å². The lowest BCUT2D eigenvalue weighted by Crippen LogP contribution is -2.39. The molecule has 0 amide bonds. The monoisotopic (exact) mass is 196 g/mol. The van der Waals surface area contributed by atoms with Crippen LogP contribution in [0.15, 0.2) is 4.99 Å². The third kappa shape index (κ3) is 4.70. The molecule has 0 aromatic heterocycles. The van der Waals surface area contributed by atoms with Crippen LogP contribution >= 0.6 is 0 Å². The fourth-order valence-electron chi connectivity index (χ4n) is 1.08. The Morgan fingerprint density at radius 1 is 1.57 bits per heavy atom. The summed E-state index contributed by atoms with van der Waals surface area (Å²) in [5.41, 5.74) is 5.78. The van der Waals surface area contributed by atoms with Crippen molar-refractivity contribution in [3.63, 3.8) is 0 Å². The molecule has 14 heavy (non-hydrogen) atoms. The molecule has 0 aliphatic heterocycles. The summed E-state index contributed by atoms with van der Waals surface area (Å²) in [5, 5.41) is 8.68. The van der Waals surface area contributed by atoms with E-state index in [1.807, 2.05) is 18.7 Å². The highest BCUT2D eigenvalue weighted by Crippen LogP contribution is 1.98. The first-order chi connectivity index (χ1) is 6.65. The predicted octanol–water partition coefficient (Wildman–Crippen LogP) is 1.19. The van der Waals surface area contributed by atoms with Crippen molar-refractivity contribution in [2.75, 3.05) is 19.6 Å². The molecule has 4 nitrogen and oxygen atoms in total. The summed E-state index contributed by atoms with van der Waals surface area (Å²) in [6.45, 7) is 8.17. The second-order valence-electron chi connectivity index (χ2n) is 3.31. The summed E-state index contributed by atoms with van der Waals surface area (Å²) < 4.78 is 0. The second-order valence-corrected chi connectivity index (χ2v) is 3.31. The quantitative estimate of drug-likeness (QED) is 0.530. The Bertz CT molecular complexity index is 217. The first-order valence-corrected chi connectivity index (χ1v) is 5.10. The van der Waals surface area contributed by atoms with Crippen LogP contribution in [-0.4, -0.2) is 30.5 Å². The molecule has 0 bridgehead atoms. The standard InChI is InChI=1S/C10H20N4/c1-4-6-13-10(12)14(5-2)8-9(3)7-11/h9H,4-6,8H2,1-3H3,(H2,12,13). The maximum absolute atomic E-state index is 8.68. The van der Waals surface area contributed by atoms with Crippen molar-refractivity contribution in [3.8, 4) is 6.07 Å². The van der Waals surface area contributed by atoms with Gasteiger partial charge in [-0.2, -0.15) is 5.26 Å². The van der Waals surface area contributed by atoms with Gasteiger partial charge in [-0.05, 0) is 20.3 Å². The molecule has 0 saturated carbocycles. The molecule has 0 spiro atoms. The van der Waals surface area contributed by atoms with Crippen LogP contribution in [0.1, 0.15) is 27.2 Å². The van der Waals surface area contributed by atoms with E-state index in [2.05, 4.69) is 18.0 Å². The van der Waals surface area contributed by atoms with E-state index in [0.29, 0.717) is 12.5 Å². The lowest BCUT2D eigenvalue weighted by atomic mass is 10.2. The lowest BCUT2D eigenvalue weighted by Gasteiger charge is -2.22. The summed E-state index contributed by atoms with van der Waals surface area (Å²) in [6, 6.07) is 2.19. The molecule has 0 heterocycles. The van der Waals surface area contributed by atoms with E-state index >= 15 is 0 Å². The zero-order chi connectivity index (χ0) is 11.0. The zero-order valence-electron chi connectivity index (χ0n) is 9.32. The van der Waals surface area contributed by atoms with E-state index in [4.69, 9.17) is 11.0 Å². The topological polar surface area (TPSA) is 65.4 Å². The Labute approximate surface area is 86.4 Å². The molecule has 0 aromatic carbocycles. The minimum absolute atomic E-state index is 0.00896. The molecule has 0 aromatic rings. The summed E-state index contributed by atoms with van der Waals surface area (Å²) >= 11 is 0. The Balaban J connectivity index is 4.19. The fourth-order valence-corrected chi connectivity index (χ4v) is 1.08. The molecule has 0 rings (SSSR count). The molecule has 1 unspecified atom stereocenters. The average Bonchev–Trinajstić information content (AvgIpc) is 2.21. The number of nitrogens with zero attached hydrogens (tertiary/aromatic N) is 3. The van der Waals surface area contributed by atoms with Gasteiger partial charge in [-0.25, -0.2) is 0 Å². The van der Waals surface area contributed by atoms with Gasteiger partial charge < -0.3 is 10.6 Å². The number of aliphatic imine (C=N–C) groups is 1. The molecule has 0 aliphatic carbocycles. The molecule has 0 aliphatic rings. The van der Waals surface area contributed by atoms with Crippen LogP contribution in [0.25, 0.3) is 0 Å². The number of hydrogen-bond donors (Lipinski definition) is 1. The predicted molar refractivity (Wildman–Crippen MR) is 58.8 cm³/mol. The highest BCUT2D eigenvalue weighted by Gasteiger charge is 2.09. The molecular formula is C10H20N4. The molecule has 0 fully saturated rings. The van der Waals surface area contributed by atoms with Crippen molar-refractivity contribution < 1.29 is 0 Å². The van der Waals surface area contributed by atoms with Gasteiger partial charge in [0.15, 0.2) is 5.96 Å². The third-order valence-corrected chi connectivity index (χ3v) is 1.92. The largest absolute Gasteiger partial charge is 0.370 e. The van der Waals surface area contributed by atoms with Crippen molar-refractivity contribution >= 4 is 5.96 Å². The van der Waals surface area contributed by atoms with Gasteiger partial charge in [-0.3, -0.25) is 4.99 Å². The first kappa shape index (κ1) is 12.8. The van der Waals surface area contributed by atoms with E-state index in [-0.39, 0.29) is 5.92 Å². The number of nitrogens with two attached hydrogens (primary N) is 1. The first-order valence-electron chi connectivity index (χ1n) is 5.10. The molecule has 0 radical (unpaired) electrons. The van der Waals surface area contributed by atoms with Gasteiger partial charge in [0.05, 0.1) is 12.0 Å². The number of guanidine groups is 1. The maximum Gasteiger partial charge on any atom is 0.191 e. The summed E-state index contributed by atoms with van der Waals surface area (Å²) in [6.07, 6.45) is 0.992. The summed E-state index contributed by atoms with van der Waals surface area (Å²) in [7, 11) is 0. The maximum atomic E-state index is 8.68. The van der Waals surface area contributed by atoms with Crippen molar-refractivity contribution in [2.24, 2.45) is 16.6 Å². The lowest BCUT2D eigenvalue weighted by molar-refractivity contribution is 0.398. The normalized spacial score (nSPS) is 13.4. The second kappa shape index (κ2) is 7.19. The Morgan fingerprint density at radius 2 is 2.21 bits per heavy atom. The van der Waals surface area contributed by atoms with E-state index < -0.39 is 0 Å². The Morgan fingerprint density at radius 3 is 2.64 bits per heavy atom. The van der Waals surface area contributed by atoms with Gasteiger partial charge in [-0.1, -0.05) is 6.92 Å². The van der Waals surface area contributed by atoms with Crippen LogP contribution in [-0.2, 0) is 0 Å². The van der Waals surface area contributed by atoms with Crippen molar-refractivity contribution in [3.05, 3.63) is 0 Å². The fraction of sp³-hybridized carbons (Fsp3) is 0.800. The molecular weight excluding hydrogens is 176 g/mol. The summed E-state index contributed by atoms with van der Waals surface area (Å²) in [5.74, 6) is 0.543. The van der Waals surface area contributed by atoms with Crippen LogP contribution in [0.2, 0.25) is 0 Å². The third-order valence-electron chi connectivity index (χ3n) is 1.92. The zero-order valence-corrected chi connectivity index (χ0v) is 9.32. The number of nitriles is 1. The van der Waals surface area contributed by atoms with Crippen LogP contribution in [0.5, 0.6) is 0 Å². The van der Waals surface area contributed by atoms with E-state index in [0.717, 1.165) is 19.5 Å². The van der Waals surface area contributed by atoms with Crippen LogP contribution in [0, 0.1) is 17.2 Å². The molecule has 80 valence electrons. The summed E-state index contributed by atoms with van der Waals surface area (Å²) in [4.78, 5) is 6.15. The molecule has 1 atom stereocenters. The van der Waals surface area contributed by atoms with Crippen molar-refractivity contribution in [2.45, 2.75) is 27.2 Å². The van der Waals surface area contributed by atoms with Crippen LogP contribution < -0.4 is 5.73 Å². The Kier molecular flexibility index (Phi) is 6.55. The van der Waals surface area contributed by atoms with Gasteiger partial charge in [0.2, 0.25) is 0 Å². The number of hydrogen-bond acceptors (Lipinski definition) is 2. The smallest absolute Gasteiger partial charge is 0.191 e. The number of rotatable bonds is 5. The van der Waals surface area contributed by atoms with Gasteiger partial charge in [0.1, 0.15) is 0 Å². The highest BCUT2D eigenvalue weighted by atomic mass is 15.2. The van der Waals surface area contributed by atoms with Crippen molar-refractivity contribution in [1.29, 1.82) is 5.26 Å². The van der Waals surface area contributed by atoms with Gasteiger partial charge in [-0.15, -0.1) is 0 Å². The van der Waals surface area contributed by atoms with E-state index in [1.165, 1.54) is 0 Å². The minimum atomic E-state index is -0.00896. The Hall–Kier alpha value is -1.24. The van der Waals surface area contributed by atoms with Gasteiger partial charge in [0, 0.05) is 19.6 Å². The molecule has 0 saturated heterocycles. The van der Waals surface area contributed by atoms with Gasteiger partial charge in [0.25, 0.3) is 0 Å².